The number of H-pyrrole nitrogens is 1. The fraction of sp³-hybridized carbons (Fsp3) is 0.0476. The maximum absolute atomic E-state index is 6.29. The van der Waals surface area contributed by atoms with E-state index in [9.17, 15) is 0 Å². The van der Waals surface area contributed by atoms with Gasteiger partial charge in [-0.15, -0.1) is 21.5 Å². The van der Waals surface area contributed by atoms with Crippen molar-refractivity contribution in [3.05, 3.63) is 89.8 Å². The van der Waals surface area contributed by atoms with Gasteiger partial charge in [0.2, 0.25) is 11.7 Å². The number of nitrogens with zero attached hydrogens (tertiary/aromatic N) is 4. The molecule has 29 heavy (non-hydrogen) atoms. The maximum Gasteiger partial charge on any atom is 0.219 e. The Bertz CT molecular complexity index is 1120. The summed E-state index contributed by atoms with van der Waals surface area (Å²) in [6, 6.07) is 21.4. The van der Waals surface area contributed by atoms with Crippen molar-refractivity contribution in [1.82, 2.24) is 25.6 Å². The van der Waals surface area contributed by atoms with Gasteiger partial charge in [-0.2, -0.15) is 5.21 Å². The molecule has 1 atom stereocenters. The van der Waals surface area contributed by atoms with Gasteiger partial charge in [-0.3, -0.25) is 0 Å². The highest BCUT2D eigenvalue weighted by molar-refractivity contribution is 7.13. The van der Waals surface area contributed by atoms with Gasteiger partial charge < -0.3 is 9.15 Å². The molecule has 0 aliphatic rings. The average Bonchev–Trinajstić information content (AvgIpc) is 3.55. The molecule has 0 aliphatic heterocycles. The zero-order valence-corrected chi connectivity index (χ0v) is 15.9. The predicted molar refractivity (Wildman–Crippen MR) is 108 cm³/mol. The summed E-state index contributed by atoms with van der Waals surface area (Å²) in [6.45, 7) is 0. The summed E-state index contributed by atoms with van der Waals surface area (Å²) in [5, 5.41) is 16.4. The van der Waals surface area contributed by atoms with E-state index < -0.39 is 6.10 Å². The molecule has 0 saturated heterocycles. The second-order valence-corrected chi connectivity index (χ2v) is 7.16. The zero-order chi connectivity index (χ0) is 19.5. The summed E-state index contributed by atoms with van der Waals surface area (Å²) in [5.41, 5.74) is 2.59. The monoisotopic (exact) mass is 401 g/mol. The largest absolute Gasteiger partial charge is 0.464 e. The van der Waals surface area contributed by atoms with Crippen LogP contribution in [0.15, 0.2) is 82.8 Å². The molecule has 0 aliphatic carbocycles. The molecule has 8 heteroatoms. The molecule has 1 unspecified atom stereocenters. The zero-order valence-electron chi connectivity index (χ0n) is 15.1. The van der Waals surface area contributed by atoms with Gasteiger partial charge in [-0.1, -0.05) is 41.6 Å². The van der Waals surface area contributed by atoms with E-state index >= 15 is 0 Å². The highest BCUT2D eigenvalue weighted by atomic mass is 32.1. The Kier molecular flexibility index (Phi) is 4.59. The van der Waals surface area contributed by atoms with Gasteiger partial charge in [0.1, 0.15) is 5.76 Å². The lowest BCUT2D eigenvalue weighted by Gasteiger charge is -2.16. The van der Waals surface area contributed by atoms with Crippen LogP contribution in [0.2, 0.25) is 0 Å². The quantitative estimate of drug-likeness (QED) is 0.441. The second-order valence-electron chi connectivity index (χ2n) is 6.21. The van der Waals surface area contributed by atoms with Crippen molar-refractivity contribution < 1.29 is 9.15 Å². The van der Waals surface area contributed by atoms with Crippen molar-refractivity contribution in [2.24, 2.45) is 0 Å². The number of pyridine rings is 1. The topological polar surface area (TPSA) is 89.7 Å². The fourth-order valence-electron chi connectivity index (χ4n) is 3.00. The molecule has 0 radical (unpaired) electrons. The summed E-state index contributed by atoms with van der Waals surface area (Å²) >= 11 is 1.62. The molecule has 7 nitrogen and oxygen atoms in total. The van der Waals surface area contributed by atoms with Crippen LogP contribution in [0.25, 0.3) is 21.9 Å². The third kappa shape index (κ3) is 3.65. The number of hydrogen-bond donors (Lipinski definition) is 1. The number of benzene rings is 1. The molecule has 142 valence electrons. The van der Waals surface area contributed by atoms with Crippen LogP contribution < -0.4 is 4.74 Å². The molecular weight excluding hydrogens is 386 g/mol. The summed E-state index contributed by atoms with van der Waals surface area (Å²) < 4.78 is 11.9. The van der Waals surface area contributed by atoms with Gasteiger partial charge in [0.05, 0.1) is 16.8 Å². The van der Waals surface area contributed by atoms with Gasteiger partial charge in [-0.05, 0) is 29.6 Å². The Balaban J connectivity index is 1.59. The van der Waals surface area contributed by atoms with Gasteiger partial charge in [0, 0.05) is 17.2 Å². The SMILES string of the molecule is c1ccc(C(Oc2cc(-c3ccco3)cc(-c3cccs3)n2)c2nn[nH]n2)cc1. The molecule has 0 bridgehead atoms. The van der Waals surface area contributed by atoms with Crippen LogP contribution >= 0.6 is 11.3 Å². The molecule has 0 amide bonds. The number of aromatic nitrogens is 5. The van der Waals surface area contributed by atoms with Crippen molar-refractivity contribution in [2.45, 2.75) is 6.10 Å². The van der Waals surface area contributed by atoms with Gasteiger partial charge >= 0.3 is 0 Å². The molecule has 0 fully saturated rings. The number of rotatable bonds is 6. The lowest BCUT2D eigenvalue weighted by Crippen LogP contribution is -2.12. The van der Waals surface area contributed by atoms with Crippen LogP contribution in [0, 0.1) is 0 Å². The third-order valence-corrected chi connectivity index (χ3v) is 5.21. The van der Waals surface area contributed by atoms with Crippen LogP contribution in [0.3, 0.4) is 0 Å². The summed E-state index contributed by atoms with van der Waals surface area (Å²) in [6.07, 6.45) is 1.10. The molecule has 0 spiro atoms. The molecule has 5 aromatic rings. The molecule has 0 saturated carbocycles. The smallest absolute Gasteiger partial charge is 0.219 e. The first-order chi connectivity index (χ1) is 14.4. The highest BCUT2D eigenvalue weighted by Crippen LogP contribution is 2.33. The Morgan fingerprint density at radius 3 is 2.66 bits per heavy atom. The van der Waals surface area contributed by atoms with Crippen molar-refractivity contribution in [1.29, 1.82) is 0 Å². The Morgan fingerprint density at radius 2 is 1.93 bits per heavy atom. The molecule has 5 rings (SSSR count). The van der Waals surface area contributed by atoms with Gasteiger partial charge in [0.25, 0.3) is 0 Å². The lowest BCUT2D eigenvalue weighted by molar-refractivity contribution is 0.227. The van der Waals surface area contributed by atoms with Crippen LogP contribution in [0.4, 0.5) is 0 Å². The van der Waals surface area contributed by atoms with E-state index in [1.807, 2.05) is 72.1 Å². The Hall–Kier alpha value is -3.78. The molecule has 1 N–H and O–H groups in total. The average molecular weight is 401 g/mol. The van der Waals surface area contributed by atoms with E-state index in [2.05, 4.69) is 20.6 Å². The molecule has 4 heterocycles. The van der Waals surface area contributed by atoms with E-state index in [1.165, 1.54) is 0 Å². The summed E-state index contributed by atoms with van der Waals surface area (Å²) in [7, 11) is 0. The third-order valence-electron chi connectivity index (χ3n) is 4.32. The predicted octanol–water partition coefficient (Wildman–Crippen LogP) is 4.75. The first kappa shape index (κ1) is 17.3. The Labute approximate surface area is 170 Å². The van der Waals surface area contributed by atoms with E-state index in [0.717, 1.165) is 27.5 Å². The van der Waals surface area contributed by atoms with E-state index in [1.54, 1.807) is 17.6 Å². The molecular formula is C21H15N5O2S. The number of nitrogens with one attached hydrogen (secondary N) is 1. The fourth-order valence-corrected chi connectivity index (χ4v) is 3.69. The number of ether oxygens (including phenoxy) is 1. The number of aromatic amines is 1. The van der Waals surface area contributed by atoms with Crippen LogP contribution in [0.5, 0.6) is 5.88 Å². The van der Waals surface area contributed by atoms with E-state index in [4.69, 9.17) is 14.1 Å². The van der Waals surface area contributed by atoms with Crippen molar-refractivity contribution >= 4 is 11.3 Å². The Morgan fingerprint density at radius 1 is 1.00 bits per heavy atom. The molecule has 4 aromatic heterocycles. The lowest BCUT2D eigenvalue weighted by atomic mass is 10.1. The van der Waals surface area contributed by atoms with Crippen LogP contribution in [-0.2, 0) is 0 Å². The van der Waals surface area contributed by atoms with Crippen molar-refractivity contribution in [3.63, 3.8) is 0 Å². The number of tetrazole rings is 1. The normalized spacial score (nSPS) is 12.0. The van der Waals surface area contributed by atoms with E-state index in [-0.39, 0.29) is 0 Å². The van der Waals surface area contributed by atoms with E-state index in [0.29, 0.717) is 11.7 Å². The molecule has 1 aromatic carbocycles. The second kappa shape index (κ2) is 7.69. The minimum Gasteiger partial charge on any atom is -0.464 e. The summed E-state index contributed by atoms with van der Waals surface area (Å²) in [5.74, 6) is 1.62. The number of furan rings is 1. The first-order valence-corrected chi connectivity index (χ1v) is 9.79. The first-order valence-electron chi connectivity index (χ1n) is 8.91. The minimum atomic E-state index is -0.550. The standard InChI is InChI=1S/C21H15N5O2S/c1-2-6-14(7-3-1)20(21-23-25-26-24-21)28-19-13-15(17-8-4-10-27-17)12-16(22-19)18-9-5-11-29-18/h1-13,20H,(H,23,24,25,26). The number of thiophene rings is 1. The van der Waals surface area contributed by atoms with Gasteiger partial charge in [-0.25, -0.2) is 4.98 Å². The van der Waals surface area contributed by atoms with Gasteiger partial charge in [0.15, 0.2) is 6.10 Å². The minimum absolute atomic E-state index is 0.430. The summed E-state index contributed by atoms with van der Waals surface area (Å²) in [4.78, 5) is 5.76. The maximum atomic E-state index is 6.29. The van der Waals surface area contributed by atoms with Crippen molar-refractivity contribution in [2.75, 3.05) is 0 Å². The van der Waals surface area contributed by atoms with Crippen LogP contribution in [-0.4, -0.2) is 25.6 Å². The van der Waals surface area contributed by atoms with Crippen molar-refractivity contribution in [3.8, 4) is 27.8 Å². The highest BCUT2D eigenvalue weighted by Gasteiger charge is 2.22. The van der Waals surface area contributed by atoms with Crippen LogP contribution in [0.1, 0.15) is 17.5 Å². The number of hydrogen-bond acceptors (Lipinski definition) is 7.